The number of hydrogen-bond acceptors (Lipinski definition) is 6. The maximum atomic E-state index is 16.3. The van der Waals surface area contributed by atoms with E-state index < -0.39 is 17.8 Å². The van der Waals surface area contributed by atoms with Gasteiger partial charge in [0.05, 0.1) is 51.5 Å². The summed E-state index contributed by atoms with van der Waals surface area (Å²) in [5.74, 6) is -2.32. The van der Waals surface area contributed by atoms with E-state index in [1.54, 1.807) is 30.5 Å². The van der Waals surface area contributed by atoms with Crippen LogP contribution in [0.1, 0.15) is 70.5 Å². The monoisotopic (exact) mass is 607 g/mol. The fourth-order valence-electron chi connectivity index (χ4n) is 5.53. The smallest absolute Gasteiger partial charge is 0.339 e. The third-order valence-corrected chi connectivity index (χ3v) is 8.12. The Morgan fingerprint density at radius 1 is 1.02 bits per heavy atom. The quantitative estimate of drug-likeness (QED) is 0.182. The highest BCUT2D eigenvalue weighted by Gasteiger charge is 2.32. The average molecular weight is 608 g/mol. The topological polar surface area (TPSA) is 112 Å². The van der Waals surface area contributed by atoms with E-state index in [-0.39, 0.29) is 40.9 Å². The summed E-state index contributed by atoms with van der Waals surface area (Å²) in [6.45, 7) is 3.60. The Morgan fingerprint density at radius 3 is 2.49 bits per heavy atom. The Hall–Kier alpha value is -5.45. The molecule has 1 N–H and O–H groups in total. The second-order valence-corrected chi connectivity index (χ2v) is 11.5. The molecule has 0 saturated heterocycles. The van der Waals surface area contributed by atoms with Crippen LogP contribution in [0.15, 0.2) is 73.2 Å². The second-order valence-electron chi connectivity index (χ2n) is 11.5. The molecule has 6 aromatic rings. The van der Waals surface area contributed by atoms with Crippen molar-refractivity contribution < 1.29 is 28.2 Å². The number of carbonyl (C=O) groups excluding carboxylic acids is 1. The summed E-state index contributed by atoms with van der Waals surface area (Å²) < 4.78 is 39.3. The van der Waals surface area contributed by atoms with Crippen LogP contribution in [0.2, 0.25) is 0 Å². The van der Waals surface area contributed by atoms with Gasteiger partial charge in [0, 0.05) is 23.2 Å². The molecule has 11 heteroatoms. The Morgan fingerprint density at radius 2 is 1.78 bits per heavy atom. The first-order valence-electron chi connectivity index (χ1n) is 14.5. The van der Waals surface area contributed by atoms with Crippen LogP contribution in [0.25, 0.3) is 39.1 Å². The lowest BCUT2D eigenvalue weighted by molar-refractivity contribution is 0.0357. The lowest BCUT2D eigenvalue weighted by Gasteiger charge is -2.11. The number of hydrogen-bond donors (Lipinski definition) is 1. The van der Waals surface area contributed by atoms with Gasteiger partial charge < -0.3 is 9.84 Å². The van der Waals surface area contributed by atoms with E-state index in [1.165, 1.54) is 41.2 Å². The Kier molecular flexibility index (Phi) is 6.87. The minimum Gasteiger partial charge on any atom is -0.478 e. The van der Waals surface area contributed by atoms with Gasteiger partial charge in [-0.2, -0.15) is 5.10 Å². The third-order valence-electron chi connectivity index (χ3n) is 8.12. The van der Waals surface area contributed by atoms with Crippen LogP contribution in [0.4, 0.5) is 8.78 Å². The zero-order valence-corrected chi connectivity index (χ0v) is 24.4. The van der Waals surface area contributed by atoms with Gasteiger partial charge in [0.2, 0.25) is 0 Å². The standard InChI is InChI=1S/C34H27F2N5O4/c1-18(2)24-13-22(9-11-26(24)35)27-16-40-29(15-37-27)39-31(19-3-4-19)32(40)23-10-12-28-25(30(23)36)14-38-41(28)17-45-34(44)21-7-5-20(6-8-21)33(42)43/h5-16,18-19H,3-4,17H2,1-2H3,(H,42,43). The number of aromatic carboxylic acids is 1. The molecule has 45 heavy (non-hydrogen) atoms. The molecule has 9 nitrogen and oxygen atoms in total. The number of rotatable bonds is 8. The number of aromatic nitrogens is 5. The molecule has 1 fully saturated rings. The lowest BCUT2D eigenvalue weighted by atomic mass is 9.99. The highest BCUT2D eigenvalue weighted by atomic mass is 19.1. The first-order chi connectivity index (χ1) is 21.7. The van der Waals surface area contributed by atoms with E-state index in [0.29, 0.717) is 33.7 Å². The van der Waals surface area contributed by atoms with E-state index in [9.17, 15) is 14.0 Å². The van der Waals surface area contributed by atoms with Crippen LogP contribution in [-0.2, 0) is 11.5 Å². The first kappa shape index (κ1) is 28.3. The van der Waals surface area contributed by atoms with E-state index in [4.69, 9.17) is 14.8 Å². The third kappa shape index (κ3) is 5.09. The Bertz CT molecular complexity index is 2130. The van der Waals surface area contributed by atoms with Gasteiger partial charge in [-0.3, -0.25) is 9.38 Å². The normalized spacial score (nSPS) is 13.2. The van der Waals surface area contributed by atoms with Crippen molar-refractivity contribution in [3.8, 4) is 22.5 Å². The molecule has 0 aliphatic heterocycles. The number of benzene rings is 3. The number of carboxylic acids is 1. The van der Waals surface area contributed by atoms with Crippen LogP contribution in [0, 0.1) is 11.6 Å². The van der Waals surface area contributed by atoms with Crippen LogP contribution in [0.3, 0.4) is 0 Å². The zero-order chi connectivity index (χ0) is 31.4. The fourth-order valence-corrected chi connectivity index (χ4v) is 5.53. The maximum Gasteiger partial charge on any atom is 0.339 e. The molecule has 3 aromatic carbocycles. The molecule has 0 amide bonds. The molecule has 0 radical (unpaired) electrons. The molecule has 0 unspecified atom stereocenters. The maximum absolute atomic E-state index is 16.3. The molecule has 3 heterocycles. The Balaban J connectivity index is 1.23. The molecule has 0 spiro atoms. The van der Waals surface area contributed by atoms with Gasteiger partial charge in [0.25, 0.3) is 0 Å². The summed E-state index contributed by atoms with van der Waals surface area (Å²) in [5, 5.41) is 13.6. The van der Waals surface area contributed by atoms with E-state index >= 15 is 4.39 Å². The number of carbonyl (C=O) groups is 2. The lowest BCUT2D eigenvalue weighted by Crippen LogP contribution is -2.11. The number of ether oxygens (including phenoxy) is 1. The van der Waals surface area contributed by atoms with Gasteiger partial charge >= 0.3 is 11.9 Å². The minimum atomic E-state index is -1.10. The van der Waals surface area contributed by atoms with E-state index in [0.717, 1.165) is 24.1 Å². The highest BCUT2D eigenvalue weighted by Crippen LogP contribution is 2.45. The molecular formula is C34H27F2N5O4. The molecule has 1 aliphatic rings. The number of carboxylic acid groups (broad SMARTS) is 1. The van der Waals surface area contributed by atoms with Crippen molar-refractivity contribution >= 4 is 28.5 Å². The second kappa shape index (κ2) is 10.9. The summed E-state index contributed by atoms with van der Waals surface area (Å²) in [7, 11) is 0. The molecule has 1 aliphatic carbocycles. The van der Waals surface area contributed by atoms with Crippen molar-refractivity contribution in [1.82, 2.24) is 24.1 Å². The van der Waals surface area contributed by atoms with Gasteiger partial charge in [0.15, 0.2) is 12.4 Å². The van der Waals surface area contributed by atoms with E-state index in [2.05, 4.69) is 10.1 Å². The zero-order valence-electron chi connectivity index (χ0n) is 24.4. The van der Waals surface area contributed by atoms with Gasteiger partial charge in [0.1, 0.15) is 11.6 Å². The predicted octanol–water partition coefficient (Wildman–Crippen LogP) is 7.20. The van der Waals surface area contributed by atoms with Crippen molar-refractivity contribution in [3.05, 3.63) is 107 Å². The van der Waals surface area contributed by atoms with Crippen molar-refractivity contribution in [2.75, 3.05) is 0 Å². The van der Waals surface area contributed by atoms with Crippen molar-refractivity contribution in [1.29, 1.82) is 0 Å². The van der Waals surface area contributed by atoms with E-state index in [1.807, 2.05) is 24.4 Å². The molecule has 7 rings (SSSR count). The van der Waals surface area contributed by atoms with Gasteiger partial charge in [-0.1, -0.05) is 13.8 Å². The summed E-state index contributed by atoms with van der Waals surface area (Å²) in [6.07, 6.45) is 6.78. The number of imidazole rings is 1. The number of esters is 1. The summed E-state index contributed by atoms with van der Waals surface area (Å²) in [5.41, 5.74) is 4.98. The average Bonchev–Trinajstić information content (AvgIpc) is 3.69. The number of nitrogens with zero attached hydrogens (tertiary/aromatic N) is 5. The van der Waals surface area contributed by atoms with Crippen LogP contribution < -0.4 is 0 Å². The number of halogens is 2. The molecule has 1 saturated carbocycles. The SMILES string of the molecule is CC(C)c1cc(-c2cn3c(-c4ccc5c(cnn5COC(=O)c5ccc(C(=O)O)cc5)c4F)c(C4CC4)nc3cn2)ccc1F. The summed E-state index contributed by atoms with van der Waals surface area (Å²) in [6, 6.07) is 13.7. The van der Waals surface area contributed by atoms with Gasteiger partial charge in [-0.05, 0) is 78.9 Å². The van der Waals surface area contributed by atoms with Gasteiger partial charge in [-0.25, -0.2) is 28.0 Å². The van der Waals surface area contributed by atoms with Crippen molar-refractivity contribution in [3.63, 3.8) is 0 Å². The van der Waals surface area contributed by atoms with Gasteiger partial charge in [-0.15, -0.1) is 0 Å². The highest BCUT2D eigenvalue weighted by molar-refractivity contribution is 5.92. The summed E-state index contributed by atoms with van der Waals surface area (Å²) in [4.78, 5) is 33.0. The fraction of sp³-hybridized carbons (Fsp3) is 0.206. The molecular weight excluding hydrogens is 580 g/mol. The Labute approximate surface area is 255 Å². The van der Waals surface area contributed by atoms with Crippen LogP contribution >= 0.6 is 0 Å². The first-order valence-corrected chi connectivity index (χ1v) is 14.5. The minimum absolute atomic E-state index is 0.00502. The number of fused-ring (bicyclic) bond motifs is 2. The largest absolute Gasteiger partial charge is 0.478 e. The predicted molar refractivity (Wildman–Crippen MR) is 162 cm³/mol. The van der Waals surface area contributed by atoms with Crippen LogP contribution in [0.5, 0.6) is 0 Å². The molecule has 0 atom stereocenters. The van der Waals surface area contributed by atoms with Crippen LogP contribution in [-0.4, -0.2) is 41.2 Å². The summed E-state index contributed by atoms with van der Waals surface area (Å²) >= 11 is 0. The molecule has 0 bridgehead atoms. The van der Waals surface area contributed by atoms with Crippen molar-refractivity contribution in [2.45, 2.75) is 45.3 Å². The van der Waals surface area contributed by atoms with Crippen molar-refractivity contribution in [2.24, 2.45) is 0 Å². The molecule has 226 valence electrons. The molecule has 3 aromatic heterocycles.